The fourth-order valence-corrected chi connectivity index (χ4v) is 1.71. The number of nitrogens with one attached hydrogen (secondary N) is 3. The van der Waals surface area contributed by atoms with E-state index >= 15 is 0 Å². The number of urea groups is 1. The van der Waals surface area contributed by atoms with Gasteiger partial charge in [-0.25, -0.2) is 9.18 Å². The Hall–Kier alpha value is -1.92. The summed E-state index contributed by atoms with van der Waals surface area (Å²) >= 11 is 5.69. The Kier molecular flexibility index (Phi) is 6.84. The van der Waals surface area contributed by atoms with Gasteiger partial charge < -0.3 is 10.6 Å². The summed E-state index contributed by atoms with van der Waals surface area (Å²) < 4.78 is 13.1. The predicted octanol–water partition coefficient (Wildman–Crippen LogP) is 2.14. The van der Waals surface area contributed by atoms with Gasteiger partial charge in [-0.3, -0.25) is 10.1 Å². The maximum absolute atomic E-state index is 13.1. The van der Waals surface area contributed by atoms with Gasteiger partial charge in [0.2, 0.25) is 5.91 Å². The molecule has 1 atom stereocenters. The number of benzene rings is 1. The lowest BCUT2D eigenvalue weighted by Crippen LogP contribution is -2.43. The zero-order valence-electron chi connectivity index (χ0n) is 11.6. The monoisotopic (exact) mass is 313 g/mol. The first kappa shape index (κ1) is 17.1. The molecule has 0 aliphatic heterocycles. The quantitative estimate of drug-likeness (QED) is 0.705. The van der Waals surface area contributed by atoms with Crippen LogP contribution in [0.2, 0.25) is 5.02 Å². The molecular formula is C14H17ClFN3O2. The maximum atomic E-state index is 13.1. The molecule has 0 saturated heterocycles. The number of imide groups is 1. The summed E-state index contributed by atoms with van der Waals surface area (Å²) in [5, 5.41) is 7.51. The van der Waals surface area contributed by atoms with Crippen LogP contribution >= 0.6 is 11.6 Å². The standard InChI is InChI=1S/C14H17ClFN3O2/c1-3-6-17-14(21)19-13(20)8-18-9(2)10-4-5-12(16)11(15)7-10/h3-5,7,9,18H,1,6,8H2,2H3,(H2,17,19,20,21)/t9-/m1/s1. The van der Waals surface area contributed by atoms with Crippen molar-refractivity contribution in [2.75, 3.05) is 13.1 Å². The van der Waals surface area contributed by atoms with E-state index in [-0.39, 0.29) is 24.2 Å². The summed E-state index contributed by atoms with van der Waals surface area (Å²) in [5.41, 5.74) is 0.741. The van der Waals surface area contributed by atoms with E-state index in [4.69, 9.17) is 11.6 Å². The van der Waals surface area contributed by atoms with E-state index in [0.717, 1.165) is 5.56 Å². The molecule has 1 aromatic rings. The van der Waals surface area contributed by atoms with Crippen molar-refractivity contribution in [1.29, 1.82) is 0 Å². The number of halogens is 2. The molecule has 1 aromatic carbocycles. The van der Waals surface area contributed by atoms with Crippen molar-refractivity contribution in [3.05, 3.63) is 47.3 Å². The lowest BCUT2D eigenvalue weighted by Gasteiger charge is -2.14. The van der Waals surface area contributed by atoms with Crippen LogP contribution in [0.1, 0.15) is 18.5 Å². The van der Waals surface area contributed by atoms with Crippen molar-refractivity contribution >= 4 is 23.5 Å². The summed E-state index contributed by atoms with van der Waals surface area (Å²) in [6, 6.07) is 3.53. The van der Waals surface area contributed by atoms with E-state index in [1.807, 2.05) is 0 Å². The molecular weight excluding hydrogens is 297 g/mol. The fraction of sp³-hybridized carbons (Fsp3) is 0.286. The SMILES string of the molecule is C=CCNC(=O)NC(=O)CN[C@H](C)c1ccc(F)c(Cl)c1. The third-order valence-corrected chi connectivity index (χ3v) is 2.96. The molecule has 0 spiro atoms. The number of carbonyl (C=O) groups is 2. The van der Waals surface area contributed by atoms with Crippen LogP contribution in [0.25, 0.3) is 0 Å². The average Bonchev–Trinajstić information content (AvgIpc) is 2.45. The van der Waals surface area contributed by atoms with Crippen LogP contribution in [-0.4, -0.2) is 25.0 Å². The number of hydrogen-bond donors (Lipinski definition) is 3. The lowest BCUT2D eigenvalue weighted by molar-refractivity contribution is -0.119. The van der Waals surface area contributed by atoms with E-state index in [9.17, 15) is 14.0 Å². The average molecular weight is 314 g/mol. The maximum Gasteiger partial charge on any atom is 0.321 e. The molecule has 3 amide bonds. The highest BCUT2D eigenvalue weighted by Crippen LogP contribution is 2.20. The van der Waals surface area contributed by atoms with Gasteiger partial charge in [0.1, 0.15) is 5.82 Å². The van der Waals surface area contributed by atoms with Gasteiger partial charge in [0.15, 0.2) is 0 Å². The van der Waals surface area contributed by atoms with E-state index in [2.05, 4.69) is 22.5 Å². The third kappa shape index (κ3) is 5.93. The molecule has 1 rings (SSSR count). The van der Waals surface area contributed by atoms with Crippen molar-refractivity contribution in [2.45, 2.75) is 13.0 Å². The summed E-state index contributed by atoms with van der Waals surface area (Å²) in [6.45, 7) is 5.46. The second-order valence-corrected chi connectivity index (χ2v) is 4.73. The Morgan fingerprint density at radius 3 is 2.81 bits per heavy atom. The van der Waals surface area contributed by atoms with Gasteiger partial charge in [0, 0.05) is 12.6 Å². The van der Waals surface area contributed by atoms with E-state index in [1.165, 1.54) is 18.2 Å². The van der Waals surface area contributed by atoms with Crippen molar-refractivity contribution in [3.8, 4) is 0 Å². The van der Waals surface area contributed by atoms with Gasteiger partial charge in [-0.1, -0.05) is 23.7 Å². The normalized spacial score (nSPS) is 11.6. The molecule has 7 heteroatoms. The van der Waals surface area contributed by atoms with Gasteiger partial charge in [0.25, 0.3) is 0 Å². The third-order valence-electron chi connectivity index (χ3n) is 2.67. The number of rotatable bonds is 6. The Balaban J connectivity index is 2.43. The zero-order valence-corrected chi connectivity index (χ0v) is 12.3. The largest absolute Gasteiger partial charge is 0.334 e. The molecule has 0 bridgehead atoms. The van der Waals surface area contributed by atoms with Crippen molar-refractivity contribution in [3.63, 3.8) is 0 Å². The first-order valence-corrected chi connectivity index (χ1v) is 6.68. The molecule has 0 unspecified atom stereocenters. The van der Waals surface area contributed by atoms with Crippen LogP contribution in [0.15, 0.2) is 30.9 Å². The van der Waals surface area contributed by atoms with Crippen LogP contribution in [0.5, 0.6) is 0 Å². The van der Waals surface area contributed by atoms with Crippen LogP contribution in [-0.2, 0) is 4.79 Å². The second kappa shape index (κ2) is 8.39. The van der Waals surface area contributed by atoms with Gasteiger partial charge in [-0.2, -0.15) is 0 Å². The van der Waals surface area contributed by atoms with Crippen molar-refractivity contribution < 1.29 is 14.0 Å². The molecule has 3 N–H and O–H groups in total. The van der Waals surface area contributed by atoms with Crippen LogP contribution in [0.4, 0.5) is 9.18 Å². The van der Waals surface area contributed by atoms with Gasteiger partial charge in [-0.05, 0) is 24.6 Å². The molecule has 114 valence electrons. The lowest BCUT2D eigenvalue weighted by atomic mass is 10.1. The molecule has 0 aliphatic rings. The topological polar surface area (TPSA) is 70.2 Å². The summed E-state index contributed by atoms with van der Waals surface area (Å²) in [6.07, 6.45) is 1.50. The van der Waals surface area contributed by atoms with Crippen LogP contribution < -0.4 is 16.0 Å². The highest BCUT2D eigenvalue weighted by Gasteiger charge is 2.11. The molecule has 0 aliphatic carbocycles. The number of carbonyl (C=O) groups excluding carboxylic acids is 2. The van der Waals surface area contributed by atoms with Crippen LogP contribution in [0.3, 0.4) is 0 Å². The van der Waals surface area contributed by atoms with Crippen molar-refractivity contribution in [1.82, 2.24) is 16.0 Å². The molecule has 21 heavy (non-hydrogen) atoms. The Morgan fingerprint density at radius 2 is 2.19 bits per heavy atom. The second-order valence-electron chi connectivity index (χ2n) is 4.32. The first-order chi connectivity index (χ1) is 9.93. The van der Waals surface area contributed by atoms with E-state index < -0.39 is 17.8 Å². The minimum absolute atomic E-state index is 0.0226. The summed E-state index contributed by atoms with van der Waals surface area (Å²) in [4.78, 5) is 22.8. The minimum atomic E-state index is -0.584. The fourth-order valence-electron chi connectivity index (χ4n) is 1.53. The Bertz CT molecular complexity index is 537. The smallest absolute Gasteiger partial charge is 0.321 e. The summed E-state index contributed by atoms with van der Waals surface area (Å²) in [7, 11) is 0. The van der Waals surface area contributed by atoms with Gasteiger partial charge in [0.05, 0.1) is 11.6 Å². The Labute approximate surface area is 127 Å². The molecule has 0 aromatic heterocycles. The van der Waals surface area contributed by atoms with Gasteiger partial charge in [-0.15, -0.1) is 6.58 Å². The van der Waals surface area contributed by atoms with Crippen molar-refractivity contribution in [2.24, 2.45) is 0 Å². The molecule has 0 radical (unpaired) electrons. The number of hydrogen-bond acceptors (Lipinski definition) is 3. The van der Waals surface area contributed by atoms with E-state index in [0.29, 0.717) is 0 Å². The minimum Gasteiger partial charge on any atom is -0.334 e. The number of amides is 3. The first-order valence-electron chi connectivity index (χ1n) is 6.31. The van der Waals surface area contributed by atoms with Gasteiger partial charge >= 0.3 is 6.03 Å². The molecule has 0 saturated carbocycles. The molecule has 0 heterocycles. The Morgan fingerprint density at radius 1 is 1.48 bits per heavy atom. The molecule has 5 nitrogen and oxygen atoms in total. The summed E-state index contributed by atoms with van der Waals surface area (Å²) in [5.74, 6) is -0.971. The highest BCUT2D eigenvalue weighted by molar-refractivity contribution is 6.30. The molecule has 0 fully saturated rings. The zero-order chi connectivity index (χ0) is 15.8. The van der Waals surface area contributed by atoms with E-state index in [1.54, 1.807) is 13.0 Å². The van der Waals surface area contributed by atoms with Crippen LogP contribution in [0, 0.1) is 5.82 Å². The predicted molar refractivity (Wildman–Crippen MR) is 79.6 cm³/mol. The highest BCUT2D eigenvalue weighted by atomic mass is 35.5.